The van der Waals surface area contributed by atoms with Crippen LogP contribution in [0.5, 0.6) is 0 Å². The van der Waals surface area contributed by atoms with Crippen LogP contribution < -0.4 is 44.0 Å². The van der Waals surface area contributed by atoms with E-state index in [1.165, 1.54) is 61.2 Å². The standard InChI is InChI=1S/C22H12N4O8.2CH5N3/c27-21(28)11-3-1-5-13-19(11)33-17-9-24-8-16(26-17)32-14-6-2-4-12(22(29)30)20(14)34-18-10-23-7-15(25-18)31-13;2*2-1(3)4/h1-10H,(H,27,28)(H,29,30);2*(H5,2,3,4). The molecule has 0 saturated heterocycles. The van der Waals surface area contributed by atoms with Gasteiger partial charge in [0.25, 0.3) is 0 Å². The maximum absolute atomic E-state index is 11.7. The topological polar surface area (TPSA) is 340 Å². The van der Waals surface area contributed by atoms with Crippen LogP contribution in [0.15, 0.2) is 78.9 Å². The number of carbonyl (C=O) groups is 2. The third-order valence-electron chi connectivity index (χ3n) is 4.42. The summed E-state index contributed by atoms with van der Waals surface area (Å²) in [6.45, 7) is 0. The van der Waals surface area contributed by atoms with Crippen molar-refractivity contribution in [2.24, 2.45) is 22.9 Å². The minimum absolute atomic E-state index is 0.0471. The highest BCUT2D eigenvalue weighted by Crippen LogP contribution is 2.21. The van der Waals surface area contributed by atoms with Crippen molar-refractivity contribution in [2.75, 3.05) is 0 Å². The van der Waals surface area contributed by atoms with Gasteiger partial charge in [-0.25, -0.2) is 0 Å². The lowest BCUT2D eigenvalue weighted by molar-refractivity contribution is -0.256. The molecule has 12 N–H and O–H groups in total. The minimum atomic E-state index is -1.52. The zero-order chi connectivity index (χ0) is 30.8. The molecule has 0 unspecified atom stereocenters. The van der Waals surface area contributed by atoms with Crippen LogP contribution in [0.25, 0.3) is 45.2 Å². The molecule has 0 aliphatic heterocycles. The van der Waals surface area contributed by atoms with Crippen molar-refractivity contribution in [1.82, 2.24) is 19.9 Å². The Balaban J connectivity index is 0.000000540. The van der Waals surface area contributed by atoms with Crippen LogP contribution in [0.1, 0.15) is 20.7 Å². The molecule has 4 bridgehead atoms. The average Bonchev–Trinajstić information content (AvgIpc) is 2.90. The Bertz CT molecular complexity index is 1810. The molecule has 2 aromatic carbocycles. The molecule has 3 aromatic heterocycles. The van der Waals surface area contributed by atoms with Crippen LogP contribution in [0.4, 0.5) is 0 Å². The summed E-state index contributed by atoms with van der Waals surface area (Å²) in [4.78, 5) is 39.5. The molecular formula is C24H22N10O8. The van der Waals surface area contributed by atoms with E-state index in [-0.39, 0.29) is 68.2 Å². The van der Waals surface area contributed by atoms with Crippen LogP contribution in [-0.4, -0.2) is 43.8 Å². The Morgan fingerprint density at radius 2 is 0.905 bits per heavy atom. The Morgan fingerprint density at radius 3 is 1.21 bits per heavy atom. The molecule has 42 heavy (non-hydrogen) atoms. The van der Waals surface area contributed by atoms with Gasteiger partial charge in [0.05, 0.1) is 36.7 Å². The number of rotatable bonds is 2. The summed E-state index contributed by atoms with van der Waals surface area (Å²) in [6.07, 6.45) is 4.89. The zero-order valence-corrected chi connectivity index (χ0v) is 21.3. The van der Waals surface area contributed by atoms with Crippen molar-refractivity contribution in [3.63, 3.8) is 0 Å². The highest BCUT2D eigenvalue weighted by atomic mass is 16.4. The number of aromatic carboxylic acids is 2. The smallest absolute Gasteiger partial charge is 0.336 e. The van der Waals surface area contributed by atoms with E-state index >= 15 is 0 Å². The summed E-state index contributed by atoms with van der Waals surface area (Å²) in [5.41, 5.74) is 16.6. The van der Waals surface area contributed by atoms with Crippen LogP contribution >= 0.6 is 0 Å². The van der Waals surface area contributed by atoms with E-state index in [9.17, 15) is 19.8 Å². The molecule has 0 fully saturated rings. The van der Waals surface area contributed by atoms with Crippen molar-refractivity contribution in [3.8, 4) is 0 Å². The Labute approximate surface area is 232 Å². The molecule has 0 saturated carbocycles. The number of carboxylic acid groups (broad SMARTS) is 2. The molecule has 0 radical (unpaired) electrons. The van der Waals surface area contributed by atoms with Gasteiger partial charge in [0, 0.05) is 11.1 Å². The van der Waals surface area contributed by atoms with Gasteiger partial charge in [-0.1, -0.05) is 12.1 Å². The largest absolute Gasteiger partial charge is 0.545 e. The van der Waals surface area contributed by atoms with Crippen LogP contribution in [0, 0.1) is 0 Å². The monoisotopic (exact) mass is 578 g/mol. The number of carboxylic acids is 2. The first-order chi connectivity index (χ1) is 19.9. The predicted octanol–water partition coefficient (Wildman–Crippen LogP) is -4.17. The second kappa shape index (κ2) is 13.4. The number of nitrogens with zero attached hydrogens (tertiary/aromatic N) is 4. The number of hydrogen-bond acceptors (Lipinski definition) is 12. The third kappa shape index (κ3) is 8.14. The minimum Gasteiger partial charge on any atom is -0.545 e. The predicted molar refractivity (Wildman–Crippen MR) is 140 cm³/mol. The second-order valence-electron chi connectivity index (χ2n) is 7.64. The Morgan fingerprint density at radius 1 is 0.595 bits per heavy atom. The van der Waals surface area contributed by atoms with Gasteiger partial charge in [-0.15, -0.1) is 0 Å². The van der Waals surface area contributed by atoms with Crippen LogP contribution in [-0.2, 0) is 0 Å². The van der Waals surface area contributed by atoms with E-state index in [1.54, 1.807) is 0 Å². The fourth-order valence-electron chi connectivity index (χ4n) is 3.02. The fraction of sp³-hybridized carbons (Fsp3) is 0. The lowest BCUT2D eigenvalue weighted by atomic mass is 10.2. The number of aromatic nitrogens is 4. The molecular weight excluding hydrogens is 556 g/mol. The molecule has 0 spiro atoms. The van der Waals surface area contributed by atoms with Gasteiger partial charge in [0.1, 0.15) is 0 Å². The number of hydrogen-bond donors (Lipinski definition) is 6. The van der Waals surface area contributed by atoms with Gasteiger partial charge in [0.2, 0.25) is 22.9 Å². The van der Waals surface area contributed by atoms with E-state index in [4.69, 9.17) is 17.7 Å². The van der Waals surface area contributed by atoms with Crippen molar-refractivity contribution < 1.29 is 48.3 Å². The van der Waals surface area contributed by atoms with Crippen molar-refractivity contribution in [1.29, 1.82) is 0 Å². The van der Waals surface area contributed by atoms with E-state index in [1.807, 2.05) is 0 Å². The summed E-state index contributed by atoms with van der Waals surface area (Å²) >= 11 is 0. The SMILES string of the molecule is NC(N)=[NH2+].NC(N)=[NH2+].O=C([O-])c1cccc2oc3cncc(n3)oc3c(C(=O)[O-])cccc3oc3cncc(n3)oc12. The van der Waals surface area contributed by atoms with Gasteiger partial charge in [-0.05, 0) is 24.3 Å². The lowest BCUT2D eigenvalue weighted by Gasteiger charge is -2.05. The summed E-state index contributed by atoms with van der Waals surface area (Å²) in [5, 5.41) is 32.5. The molecule has 5 aromatic rings. The zero-order valence-electron chi connectivity index (χ0n) is 21.3. The molecule has 18 nitrogen and oxygen atoms in total. The highest BCUT2D eigenvalue weighted by molar-refractivity contribution is 5.99. The Kier molecular flexibility index (Phi) is 9.50. The first-order valence-electron chi connectivity index (χ1n) is 11.3. The van der Waals surface area contributed by atoms with Crippen molar-refractivity contribution in [3.05, 3.63) is 72.3 Å². The third-order valence-corrected chi connectivity index (χ3v) is 4.42. The fourth-order valence-corrected chi connectivity index (χ4v) is 3.02. The first-order valence-corrected chi connectivity index (χ1v) is 11.3. The van der Waals surface area contributed by atoms with E-state index < -0.39 is 11.9 Å². The van der Waals surface area contributed by atoms with E-state index in [0.717, 1.165) is 0 Å². The van der Waals surface area contributed by atoms with Crippen LogP contribution in [0.3, 0.4) is 0 Å². The van der Waals surface area contributed by atoms with Crippen LogP contribution in [0.2, 0.25) is 0 Å². The van der Waals surface area contributed by atoms with E-state index in [0.29, 0.717) is 0 Å². The van der Waals surface area contributed by atoms with Crippen molar-refractivity contribution in [2.45, 2.75) is 0 Å². The Hall–Kier alpha value is -6.72. The normalized spacial score (nSPS) is 9.90. The number of para-hydroxylation sites is 2. The van der Waals surface area contributed by atoms with Gasteiger partial charge < -0.3 is 37.5 Å². The van der Waals surface area contributed by atoms with Gasteiger partial charge in [-0.3, -0.25) is 43.7 Å². The molecule has 5 rings (SSSR count). The van der Waals surface area contributed by atoms with E-state index in [2.05, 4.69) is 53.7 Å². The molecule has 0 amide bonds. The van der Waals surface area contributed by atoms with Gasteiger partial charge in [-0.2, -0.15) is 9.97 Å². The van der Waals surface area contributed by atoms with Gasteiger partial charge >= 0.3 is 11.9 Å². The highest BCUT2D eigenvalue weighted by Gasteiger charge is 2.08. The maximum atomic E-state index is 11.7. The number of nitrogens with two attached hydrogens (primary N) is 6. The molecule has 0 aliphatic rings. The van der Waals surface area contributed by atoms with Gasteiger partial charge in [0.15, 0.2) is 22.3 Å². The number of fused-ring (bicyclic) bond motifs is 6. The molecule has 216 valence electrons. The average molecular weight is 579 g/mol. The summed E-state index contributed by atoms with van der Waals surface area (Å²) in [5.74, 6) is -3.21. The molecule has 0 atom stereocenters. The lowest BCUT2D eigenvalue weighted by Crippen LogP contribution is -2.51. The second-order valence-corrected chi connectivity index (χ2v) is 7.64. The number of carbonyl (C=O) groups excluding carboxylic acids is 2. The quantitative estimate of drug-likeness (QED) is 0.0854. The number of benzene rings is 2. The van der Waals surface area contributed by atoms with Crippen molar-refractivity contribution >= 4 is 69.0 Å². The molecule has 0 aliphatic carbocycles. The summed E-state index contributed by atoms with van der Waals surface area (Å²) in [7, 11) is 0. The maximum Gasteiger partial charge on any atom is 0.336 e. The summed E-state index contributed by atoms with van der Waals surface area (Å²) in [6, 6.07) is 8.21. The molecule has 18 heteroatoms. The molecule has 3 heterocycles. The summed E-state index contributed by atoms with van der Waals surface area (Å²) < 4.78 is 22.7. The first kappa shape index (κ1) is 29.8. The number of guanidine groups is 2.